The first-order chi connectivity index (χ1) is 10.6. The molecule has 1 N–H and O–H groups in total. The van der Waals surface area contributed by atoms with Crippen molar-refractivity contribution in [3.05, 3.63) is 71.8 Å². The van der Waals surface area contributed by atoms with Crippen molar-refractivity contribution >= 4 is 17.8 Å². The molecule has 0 spiro atoms. The molecule has 1 unspecified atom stereocenters. The molecular formula is C17H14N2O3. The molecule has 2 aromatic carbocycles. The minimum atomic E-state index is -1.42. The Morgan fingerprint density at radius 3 is 2.27 bits per heavy atom. The lowest BCUT2D eigenvalue weighted by molar-refractivity contribution is -0.139. The van der Waals surface area contributed by atoms with Crippen molar-refractivity contribution in [1.82, 2.24) is 5.32 Å². The Kier molecular flexibility index (Phi) is 3.47. The monoisotopic (exact) mass is 294 g/mol. The number of amides is 1. The van der Waals surface area contributed by atoms with E-state index in [4.69, 9.17) is 4.74 Å². The number of benzene rings is 2. The molecule has 2 aromatic rings. The first-order valence-corrected chi connectivity index (χ1v) is 6.84. The third kappa shape index (κ3) is 2.61. The molecule has 1 heterocycles. The van der Waals surface area contributed by atoms with Crippen LogP contribution >= 0.6 is 0 Å². The van der Waals surface area contributed by atoms with Gasteiger partial charge in [0, 0.05) is 11.1 Å². The maximum Gasteiger partial charge on any atom is 0.361 e. The molecule has 0 radical (unpaired) electrons. The van der Waals surface area contributed by atoms with E-state index < -0.39 is 11.6 Å². The molecule has 5 nitrogen and oxygen atoms in total. The van der Waals surface area contributed by atoms with E-state index in [1.807, 2.05) is 24.3 Å². The van der Waals surface area contributed by atoms with Crippen LogP contribution < -0.4 is 5.32 Å². The summed E-state index contributed by atoms with van der Waals surface area (Å²) in [5.74, 6) is -0.768. The number of nitrogens with zero attached hydrogens (tertiary/aromatic N) is 1. The van der Waals surface area contributed by atoms with E-state index in [0.717, 1.165) is 0 Å². The zero-order valence-corrected chi connectivity index (χ0v) is 11.9. The average Bonchev–Trinajstić information content (AvgIpc) is 2.84. The number of hydrogen-bond acceptors (Lipinski definition) is 4. The molecule has 110 valence electrons. The average molecular weight is 294 g/mol. The van der Waals surface area contributed by atoms with Gasteiger partial charge in [0.1, 0.15) is 0 Å². The van der Waals surface area contributed by atoms with E-state index in [1.54, 1.807) is 36.4 Å². The second-order valence-corrected chi connectivity index (χ2v) is 5.06. The summed E-state index contributed by atoms with van der Waals surface area (Å²) in [5, 5.41) is 2.62. The van der Waals surface area contributed by atoms with Crippen molar-refractivity contribution in [2.75, 3.05) is 0 Å². The van der Waals surface area contributed by atoms with Crippen LogP contribution in [0.1, 0.15) is 22.8 Å². The lowest BCUT2D eigenvalue weighted by Gasteiger charge is -2.17. The standard InChI is InChI=1S/C17H14N2O3/c1-17(18-14(20)12-8-4-2-5-9-12)16(21)22-15(19-17)13-10-6-3-7-11-13/h2-11H,1H3,(H,18,20). The van der Waals surface area contributed by atoms with E-state index in [1.165, 1.54) is 6.92 Å². The Bertz CT molecular complexity index is 741. The SMILES string of the molecule is CC1(NC(=O)c2ccccc2)N=C(c2ccccc2)OC1=O. The molecule has 0 aromatic heterocycles. The van der Waals surface area contributed by atoms with Crippen LogP contribution in [0.3, 0.4) is 0 Å². The van der Waals surface area contributed by atoms with Crippen LogP contribution in [-0.2, 0) is 9.53 Å². The normalized spacial score (nSPS) is 20.2. The number of esters is 1. The van der Waals surface area contributed by atoms with Crippen LogP contribution in [0.4, 0.5) is 0 Å². The van der Waals surface area contributed by atoms with Gasteiger partial charge < -0.3 is 10.1 Å². The van der Waals surface area contributed by atoms with E-state index in [0.29, 0.717) is 11.1 Å². The van der Waals surface area contributed by atoms with E-state index in [-0.39, 0.29) is 11.8 Å². The highest BCUT2D eigenvalue weighted by Gasteiger charge is 2.43. The van der Waals surface area contributed by atoms with Crippen LogP contribution in [0.15, 0.2) is 65.7 Å². The van der Waals surface area contributed by atoms with Gasteiger partial charge in [-0.15, -0.1) is 0 Å². The summed E-state index contributed by atoms with van der Waals surface area (Å²) in [6.45, 7) is 1.52. The topological polar surface area (TPSA) is 67.8 Å². The summed E-state index contributed by atoms with van der Waals surface area (Å²) in [6.07, 6.45) is 0. The minimum absolute atomic E-state index is 0.210. The lowest BCUT2D eigenvalue weighted by Crippen LogP contribution is -2.48. The lowest BCUT2D eigenvalue weighted by atomic mass is 10.1. The summed E-state index contributed by atoms with van der Waals surface area (Å²) in [5.41, 5.74) is -0.272. The van der Waals surface area contributed by atoms with Crippen LogP contribution in [0.5, 0.6) is 0 Å². The molecular weight excluding hydrogens is 280 g/mol. The molecule has 1 aliphatic rings. The molecule has 0 saturated heterocycles. The largest absolute Gasteiger partial charge is 0.404 e. The maximum absolute atomic E-state index is 12.2. The molecule has 0 aliphatic carbocycles. The first-order valence-electron chi connectivity index (χ1n) is 6.84. The van der Waals surface area contributed by atoms with Gasteiger partial charge in [-0.05, 0) is 31.2 Å². The highest BCUT2D eigenvalue weighted by Crippen LogP contribution is 2.21. The van der Waals surface area contributed by atoms with Crippen molar-refractivity contribution in [3.63, 3.8) is 0 Å². The Morgan fingerprint density at radius 2 is 1.64 bits per heavy atom. The number of hydrogen-bond donors (Lipinski definition) is 1. The predicted octanol–water partition coefficient (Wildman–Crippen LogP) is 2.14. The number of cyclic esters (lactones) is 1. The molecule has 0 bridgehead atoms. The Morgan fingerprint density at radius 1 is 1.05 bits per heavy atom. The van der Waals surface area contributed by atoms with E-state index in [2.05, 4.69) is 10.3 Å². The number of aliphatic imine (C=N–C) groups is 1. The van der Waals surface area contributed by atoms with Crippen LogP contribution in [-0.4, -0.2) is 23.4 Å². The van der Waals surface area contributed by atoms with Crippen molar-refractivity contribution in [3.8, 4) is 0 Å². The number of rotatable bonds is 3. The molecule has 5 heteroatoms. The Hall–Kier alpha value is -2.95. The highest BCUT2D eigenvalue weighted by atomic mass is 16.6. The number of carbonyl (C=O) groups excluding carboxylic acids is 2. The molecule has 22 heavy (non-hydrogen) atoms. The summed E-state index contributed by atoms with van der Waals surface area (Å²) in [4.78, 5) is 28.6. The fourth-order valence-electron chi connectivity index (χ4n) is 2.12. The molecule has 0 fully saturated rings. The van der Waals surface area contributed by atoms with Crippen molar-refractivity contribution in [2.45, 2.75) is 12.6 Å². The summed E-state index contributed by atoms with van der Waals surface area (Å²) in [7, 11) is 0. The maximum atomic E-state index is 12.2. The Labute approximate surface area is 127 Å². The zero-order chi connectivity index (χ0) is 15.6. The summed E-state index contributed by atoms with van der Waals surface area (Å²) in [6, 6.07) is 17.7. The second kappa shape index (κ2) is 5.44. The van der Waals surface area contributed by atoms with Crippen molar-refractivity contribution in [1.29, 1.82) is 0 Å². The Balaban J connectivity index is 1.85. The quantitative estimate of drug-likeness (QED) is 0.882. The number of nitrogens with one attached hydrogen (secondary N) is 1. The van der Waals surface area contributed by atoms with Gasteiger partial charge >= 0.3 is 5.97 Å². The van der Waals surface area contributed by atoms with Crippen LogP contribution in [0.25, 0.3) is 0 Å². The first kappa shape index (κ1) is 14.0. The molecule has 1 atom stereocenters. The minimum Gasteiger partial charge on any atom is -0.404 e. The van der Waals surface area contributed by atoms with Crippen LogP contribution in [0.2, 0.25) is 0 Å². The van der Waals surface area contributed by atoms with Gasteiger partial charge in [0.25, 0.3) is 5.91 Å². The zero-order valence-electron chi connectivity index (χ0n) is 11.9. The van der Waals surface area contributed by atoms with E-state index >= 15 is 0 Å². The van der Waals surface area contributed by atoms with Gasteiger partial charge in [-0.3, -0.25) is 4.79 Å². The van der Waals surface area contributed by atoms with Gasteiger partial charge in [-0.1, -0.05) is 36.4 Å². The third-order valence-electron chi connectivity index (χ3n) is 3.33. The van der Waals surface area contributed by atoms with Crippen molar-refractivity contribution in [2.24, 2.45) is 4.99 Å². The fraction of sp³-hybridized carbons (Fsp3) is 0.118. The highest BCUT2D eigenvalue weighted by molar-refractivity contribution is 6.09. The molecule has 3 rings (SSSR count). The van der Waals surface area contributed by atoms with Gasteiger partial charge in [0.15, 0.2) is 0 Å². The summed E-state index contributed by atoms with van der Waals surface area (Å²) >= 11 is 0. The second-order valence-electron chi connectivity index (χ2n) is 5.06. The fourth-order valence-corrected chi connectivity index (χ4v) is 2.12. The number of carbonyl (C=O) groups is 2. The van der Waals surface area contributed by atoms with Gasteiger partial charge in [0.2, 0.25) is 11.6 Å². The molecule has 1 aliphatic heterocycles. The van der Waals surface area contributed by atoms with Crippen LogP contribution in [0, 0.1) is 0 Å². The number of ether oxygens (including phenoxy) is 1. The molecule has 1 amide bonds. The van der Waals surface area contributed by atoms with Gasteiger partial charge in [-0.2, -0.15) is 0 Å². The smallest absolute Gasteiger partial charge is 0.361 e. The third-order valence-corrected chi connectivity index (χ3v) is 3.33. The van der Waals surface area contributed by atoms with Gasteiger partial charge in [0.05, 0.1) is 0 Å². The van der Waals surface area contributed by atoms with E-state index in [9.17, 15) is 9.59 Å². The molecule has 0 saturated carbocycles. The predicted molar refractivity (Wildman–Crippen MR) is 81.4 cm³/mol. The summed E-state index contributed by atoms with van der Waals surface area (Å²) < 4.78 is 5.20. The van der Waals surface area contributed by atoms with Crippen molar-refractivity contribution < 1.29 is 14.3 Å². The van der Waals surface area contributed by atoms with Gasteiger partial charge in [-0.25, -0.2) is 9.79 Å².